The second kappa shape index (κ2) is 10.2. The molecule has 0 spiro atoms. The minimum Gasteiger partial charge on any atom is -0.459 e. The molecule has 33 heavy (non-hydrogen) atoms. The fraction of sp³-hybridized carbons (Fsp3) is 0.269. The number of benzene rings is 2. The highest BCUT2D eigenvalue weighted by Gasteiger charge is 2.34. The van der Waals surface area contributed by atoms with Crippen molar-refractivity contribution < 1.29 is 18.8 Å². The van der Waals surface area contributed by atoms with Crippen LogP contribution in [0.4, 0.5) is 0 Å². The van der Waals surface area contributed by atoms with E-state index in [1.54, 1.807) is 34.1 Å². The van der Waals surface area contributed by atoms with Gasteiger partial charge in [0.15, 0.2) is 5.76 Å². The van der Waals surface area contributed by atoms with E-state index in [1.165, 1.54) is 6.26 Å². The van der Waals surface area contributed by atoms with Crippen molar-refractivity contribution in [3.05, 3.63) is 95.9 Å². The molecule has 2 unspecified atom stereocenters. The molecule has 0 saturated carbocycles. The van der Waals surface area contributed by atoms with Crippen LogP contribution in [0.25, 0.3) is 0 Å². The largest absolute Gasteiger partial charge is 0.459 e. The van der Waals surface area contributed by atoms with Gasteiger partial charge in [-0.15, -0.1) is 0 Å². The minimum absolute atomic E-state index is 0.0397. The molecule has 7 heteroatoms. The molecule has 1 saturated heterocycles. The van der Waals surface area contributed by atoms with E-state index in [0.717, 1.165) is 5.56 Å². The first-order chi connectivity index (χ1) is 16.0. The van der Waals surface area contributed by atoms with Gasteiger partial charge in [-0.2, -0.15) is 0 Å². The van der Waals surface area contributed by atoms with Crippen molar-refractivity contribution in [3.8, 4) is 0 Å². The number of amides is 3. The van der Waals surface area contributed by atoms with Crippen LogP contribution < -0.4 is 5.32 Å². The number of rotatable bonds is 6. The molecule has 0 bridgehead atoms. The molecule has 0 radical (unpaired) electrons. The zero-order valence-electron chi connectivity index (χ0n) is 18.5. The first-order valence-corrected chi connectivity index (χ1v) is 11.1. The maximum Gasteiger partial charge on any atom is 0.287 e. The Hall–Kier alpha value is -3.87. The maximum absolute atomic E-state index is 13.5. The summed E-state index contributed by atoms with van der Waals surface area (Å²) >= 11 is 0. The molecule has 1 aliphatic heterocycles. The Kier molecular flexibility index (Phi) is 6.88. The predicted molar refractivity (Wildman–Crippen MR) is 124 cm³/mol. The number of piperazine rings is 1. The third kappa shape index (κ3) is 5.31. The third-order valence-corrected chi connectivity index (χ3v) is 5.85. The summed E-state index contributed by atoms with van der Waals surface area (Å²) in [6.07, 6.45) is 1.79. The Morgan fingerprint density at radius 2 is 1.67 bits per heavy atom. The molecule has 1 aromatic heterocycles. The first kappa shape index (κ1) is 22.3. The molecule has 4 rings (SSSR count). The molecule has 2 atom stereocenters. The molecule has 170 valence electrons. The van der Waals surface area contributed by atoms with E-state index >= 15 is 0 Å². The molecule has 3 aromatic rings. The topological polar surface area (TPSA) is 82.9 Å². The number of nitrogens with one attached hydrogen (secondary N) is 1. The van der Waals surface area contributed by atoms with Crippen molar-refractivity contribution in [1.29, 1.82) is 0 Å². The van der Waals surface area contributed by atoms with Crippen molar-refractivity contribution in [2.45, 2.75) is 25.4 Å². The zero-order valence-corrected chi connectivity index (χ0v) is 18.5. The van der Waals surface area contributed by atoms with E-state index in [4.69, 9.17) is 4.42 Å². The van der Waals surface area contributed by atoms with Gasteiger partial charge in [-0.25, -0.2) is 0 Å². The SMILES string of the molecule is CC1CN(C(=O)C(Cc2ccccc2)NC(=O)c2ccco2)CCN1C(=O)c1ccccc1. The lowest BCUT2D eigenvalue weighted by atomic mass is 10.0. The van der Waals surface area contributed by atoms with Gasteiger partial charge in [0.2, 0.25) is 5.91 Å². The normalized spacial score (nSPS) is 16.8. The van der Waals surface area contributed by atoms with E-state index in [1.807, 2.05) is 55.5 Å². The van der Waals surface area contributed by atoms with Crippen LogP contribution in [-0.4, -0.2) is 59.2 Å². The van der Waals surface area contributed by atoms with E-state index in [0.29, 0.717) is 31.6 Å². The Labute approximate surface area is 193 Å². The van der Waals surface area contributed by atoms with E-state index < -0.39 is 11.9 Å². The van der Waals surface area contributed by atoms with Crippen molar-refractivity contribution in [1.82, 2.24) is 15.1 Å². The highest BCUT2D eigenvalue weighted by atomic mass is 16.3. The predicted octanol–water partition coefficient (Wildman–Crippen LogP) is 2.99. The number of hydrogen-bond acceptors (Lipinski definition) is 4. The van der Waals surface area contributed by atoms with Crippen molar-refractivity contribution in [2.24, 2.45) is 0 Å². The van der Waals surface area contributed by atoms with Gasteiger partial charge in [-0.05, 0) is 36.8 Å². The average molecular weight is 446 g/mol. The van der Waals surface area contributed by atoms with Gasteiger partial charge in [0.05, 0.1) is 6.26 Å². The molecule has 2 aromatic carbocycles. The van der Waals surface area contributed by atoms with Crippen LogP contribution in [0.15, 0.2) is 83.5 Å². The number of carbonyl (C=O) groups is 3. The fourth-order valence-electron chi connectivity index (χ4n) is 4.11. The van der Waals surface area contributed by atoms with Crippen LogP contribution in [0.5, 0.6) is 0 Å². The molecule has 3 amide bonds. The Morgan fingerprint density at radius 1 is 0.970 bits per heavy atom. The number of carbonyl (C=O) groups excluding carboxylic acids is 3. The molecule has 1 fully saturated rings. The molecule has 1 aliphatic rings. The molecule has 1 N–H and O–H groups in total. The van der Waals surface area contributed by atoms with Gasteiger partial charge in [0, 0.05) is 37.7 Å². The van der Waals surface area contributed by atoms with Gasteiger partial charge >= 0.3 is 0 Å². The molecule has 7 nitrogen and oxygen atoms in total. The van der Waals surface area contributed by atoms with E-state index in [-0.39, 0.29) is 23.6 Å². The summed E-state index contributed by atoms with van der Waals surface area (Å²) in [6, 6.07) is 21.0. The lowest BCUT2D eigenvalue weighted by molar-refractivity contribution is -0.135. The molecular weight excluding hydrogens is 418 g/mol. The van der Waals surface area contributed by atoms with Crippen LogP contribution in [0.2, 0.25) is 0 Å². The number of nitrogens with zero attached hydrogens (tertiary/aromatic N) is 2. The standard InChI is InChI=1S/C26H27N3O4/c1-19-18-28(14-15-29(19)25(31)21-11-6-3-7-12-21)26(32)22(17-20-9-4-2-5-10-20)27-24(30)23-13-8-16-33-23/h2-13,16,19,22H,14-15,17-18H2,1H3,(H,27,30). The molecule has 2 heterocycles. The highest BCUT2D eigenvalue weighted by molar-refractivity contribution is 5.96. The van der Waals surface area contributed by atoms with Crippen molar-refractivity contribution in [3.63, 3.8) is 0 Å². The monoisotopic (exact) mass is 445 g/mol. The summed E-state index contributed by atoms with van der Waals surface area (Å²) in [6.45, 7) is 3.18. The lowest BCUT2D eigenvalue weighted by Gasteiger charge is -2.41. The highest BCUT2D eigenvalue weighted by Crippen LogP contribution is 2.16. The van der Waals surface area contributed by atoms with Gasteiger partial charge in [0.25, 0.3) is 11.8 Å². The Balaban J connectivity index is 1.46. The van der Waals surface area contributed by atoms with Gasteiger partial charge in [-0.1, -0.05) is 48.5 Å². The van der Waals surface area contributed by atoms with Crippen LogP contribution in [0.1, 0.15) is 33.4 Å². The van der Waals surface area contributed by atoms with E-state index in [9.17, 15) is 14.4 Å². The Morgan fingerprint density at radius 3 is 2.30 bits per heavy atom. The van der Waals surface area contributed by atoms with E-state index in [2.05, 4.69) is 5.32 Å². The second-order valence-corrected chi connectivity index (χ2v) is 8.19. The average Bonchev–Trinajstić information content (AvgIpc) is 3.39. The number of furan rings is 1. The van der Waals surface area contributed by atoms with Crippen LogP contribution in [0, 0.1) is 0 Å². The van der Waals surface area contributed by atoms with Gasteiger partial charge in [0.1, 0.15) is 6.04 Å². The summed E-state index contributed by atoms with van der Waals surface area (Å²) in [5.74, 6) is -0.479. The van der Waals surface area contributed by atoms with Crippen LogP contribution in [-0.2, 0) is 11.2 Å². The summed E-state index contributed by atoms with van der Waals surface area (Å²) in [5, 5.41) is 2.84. The van der Waals surface area contributed by atoms with Gasteiger partial charge in [-0.3, -0.25) is 14.4 Å². The van der Waals surface area contributed by atoms with Gasteiger partial charge < -0.3 is 19.5 Å². The fourth-order valence-corrected chi connectivity index (χ4v) is 4.11. The summed E-state index contributed by atoms with van der Waals surface area (Å²) < 4.78 is 5.19. The summed E-state index contributed by atoms with van der Waals surface area (Å²) in [5.41, 5.74) is 1.58. The quantitative estimate of drug-likeness (QED) is 0.632. The minimum atomic E-state index is -0.742. The molecule has 0 aliphatic carbocycles. The summed E-state index contributed by atoms with van der Waals surface area (Å²) in [7, 11) is 0. The third-order valence-electron chi connectivity index (χ3n) is 5.85. The lowest BCUT2D eigenvalue weighted by Crippen LogP contribution is -2.59. The smallest absolute Gasteiger partial charge is 0.287 e. The first-order valence-electron chi connectivity index (χ1n) is 11.1. The second-order valence-electron chi connectivity index (χ2n) is 8.19. The number of hydrogen-bond donors (Lipinski definition) is 1. The van der Waals surface area contributed by atoms with Crippen molar-refractivity contribution in [2.75, 3.05) is 19.6 Å². The Bertz CT molecular complexity index is 1080. The molecular formula is C26H27N3O4. The summed E-state index contributed by atoms with van der Waals surface area (Å²) in [4.78, 5) is 42.5. The zero-order chi connectivity index (χ0) is 23.2. The maximum atomic E-state index is 13.5. The van der Waals surface area contributed by atoms with Crippen LogP contribution >= 0.6 is 0 Å². The van der Waals surface area contributed by atoms with Crippen LogP contribution in [0.3, 0.4) is 0 Å². The van der Waals surface area contributed by atoms with Crippen molar-refractivity contribution >= 4 is 17.7 Å².